The van der Waals surface area contributed by atoms with E-state index in [0.29, 0.717) is 5.46 Å². The highest BCUT2D eigenvalue weighted by atomic mass is 16.5. The van der Waals surface area contributed by atoms with E-state index in [9.17, 15) is 19.7 Å². The second-order valence-corrected chi connectivity index (χ2v) is 6.50. The van der Waals surface area contributed by atoms with Gasteiger partial charge in [-0.15, -0.1) is 0 Å². The monoisotopic (exact) mass is 364 g/mol. The van der Waals surface area contributed by atoms with Gasteiger partial charge in [0.1, 0.15) is 6.04 Å². The Morgan fingerprint density at radius 2 is 2.07 bits per heavy atom. The third-order valence-electron chi connectivity index (χ3n) is 4.77. The van der Waals surface area contributed by atoms with Crippen LogP contribution in [0.2, 0.25) is 0 Å². The molecule has 1 atom stereocenters. The fourth-order valence-corrected chi connectivity index (χ4v) is 3.32. The zero-order valence-corrected chi connectivity index (χ0v) is 14.3. The average Bonchev–Trinajstić information content (AvgIpc) is 3.25. The lowest BCUT2D eigenvalue weighted by molar-refractivity contribution is -0.139. The minimum Gasteiger partial charge on any atom is -0.480 e. The number of benzene rings is 2. The van der Waals surface area contributed by atoms with Crippen molar-refractivity contribution >= 4 is 35.4 Å². The molecule has 8 heteroatoms. The van der Waals surface area contributed by atoms with E-state index >= 15 is 0 Å². The summed E-state index contributed by atoms with van der Waals surface area (Å²) in [5.41, 5.74) is 3.36. The van der Waals surface area contributed by atoms with Crippen molar-refractivity contribution in [2.45, 2.75) is 19.1 Å². The van der Waals surface area contributed by atoms with Crippen molar-refractivity contribution in [1.29, 1.82) is 0 Å². The number of carbonyl (C=O) groups excluding carboxylic acids is 1. The molecule has 1 aliphatic rings. The van der Waals surface area contributed by atoms with Crippen LogP contribution in [0.5, 0.6) is 0 Å². The Balaban J connectivity index is 1.54. The van der Waals surface area contributed by atoms with Crippen molar-refractivity contribution in [1.82, 2.24) is 10.3 Å². The zero-order valence-electron chi connectivity index (χ0n) is 14.3. The maximum atomic E-state index is 12.6. The van der Waals surface area contributed by atoms with Crippen LogP contribution in [0.15, 0.2) is 48.7 Å². The Labute approximate surface area is 155 Å². The molecule has 0 fully saturated rings. The number of hydrogen-bond acceptors (Lipinski definition) is 4. The first kappa shape index (κ1) is 17.3. The third-order valence-corrected chi connectivity index (χ3v) is 4.77. The number of hydrogen-bond donors (Lipinski definition) is 4. The molecule has 1 aliphatic heterocycles. The highest BCUT2D eigenvalue weighted by Gasteiger charge is 2.29. The van der Waals surface area contributed by atoms with Crippen molar-refractivity contribution in [3.05, 3.63) is 65.4 Å². The summed E-state index contributed by atoms with van der Waals surface area (Å²) in [6.45, 7) is 0.288. The molecule has 4 rings (SSSR count). The topological polar surface area (TPSA) is 112 Å². The van der Waals surface area contributed by atoms with Crippen molar-refractivity contribution in [3.8, 4) is 0 Å². The van der Waals surface area contributed by atoms with Gasteiger partial charge in [0.05, 0.1) is 6.61 Å². The standard InChI is InChI=1S/C19H17BN2O5/c23-18(11-5-6-12-10-27-20(26)15(12)7-11)22-17(19(24)25)8-13-9-21-16-4-2-1-3-14(13)16/h1-7,9,17,21,26H,8,10H2,(H,22,23)(H,24,25). The van der Waals surface area contributed by atoms with Crippen LogP contribution in [0.3, 0.4) is 0 Å². The molecular formula is C19H17BN2O5. The van der Waals surface area contributed by atoms with Crippen molar-refractivity contribution in [3.63, 3.8) is 0 Å². The minimum atomic E-state index is -1.11. The predicted molar refractivity (Wildman–Crippen MR) is 99.7 cm³/mol. The first-order valence-corrected chi connectivity index (χ1v) is 8.54. The van der Waals surface area contributed by atoms with Crippen LogP contribution in [-0.4, -0.2) is 40.2 Å². The smallest absolute Gasteiger partial charge is 0.480 e. The molecule has 2 heterocycles. The van der Waals surface area contributed by atoms with Crippen LogP contribution < -0.4 is 10.8 Å². The third kappa shape index (κ3) is 3.32. The van der Waals surface area contributed by atoms with Crippen molar-refractivity contribution in [2.75, 3.05) is 0 Å². The highest BCUT2D eigenvalue weighted by Crippen LogP contribution is 2.19. The number of nitrogens with one attached hydrogen (secondary N) is 2. The van der Waals surface area contributed by atoms with E-state index in [4.69, 9.17) is 4.65 Å². The molecule has 1 amide bonds. The van der Waals surface area contributed by atoms with E-state index in [1.54, 1.807) is 18.3 Å². The van der Waals surface area contributed by atoms with Crippen LogP contribution >= 0.6 is 0 Å². The number of carboxylic acids is 1. The number of carboxylic acid groups (broad SMARTS) is 1. The number of H-pyrrole nitrogens is 1. The van der Waals surface area contributed by atoms with Crippen LogP contribution in [0, 0.1) is 0 Å². The van der Waals surface area contributed by atoms with E-state index in [1.165, 1.54) is 6.07 Å². The second kappa shape index (κ2) is 6.90. The Morgan fingerprint density at radius 1 is 1.26 bits per heavy atom. The molecule has 136 valence electrons. The number of carbonyl (C=O) groups is 2. The number of para-hydroxylation sites is 1. The SMILES string of the molecule is O=C(NC(Cc1c[nH]c2ccccc12)C(=O)O)c1ccc2c(c1)B(O)OC2. The largest absolute Gasteiger partial charge is 0.491 e. The van der Waals surface area contributed by atoms with Gasteiger partial charge in [0.25, 0.3) is 5.91 Å². The summed E-state index contributed by atoms with van der Waals surface area (Å²) < 4.78 is 5.11. The highest BCUT2D eigenvalue weighted by molar-refractivity contribution is 6.61. The maximum absolute atomic E-state index is 12.6. The summed E-state index contributed by atoms with van der Waals surface area (Å²) in [7, 11) is -1.06. The van der Waals surface area contributed by atoms with E-state index in [2.05, 4.69) is 10.3 Å². The summed E-state index contributed by atoms with van der Waals surface area (Å²) in [5.74, 6) is -1.62. The van der Waals surface area contributed by atoms with E-state index in [1.807, 2.05) is 24.3 Å². The number of aromatic amines is 1. The van der Waals surface area contributed by atoms with Gasteiger partial charge in [-0.3, -0.25) is 4.79 Å². The molecule has 27 heavy (non-hydrogen) atoms. The number of fused-ring (bicyclic) bond motifs is 2. The Bertz CT molecular complexity index is 1030. The molecule has 2 aromatic carbocycles. The molecule has 0 bridgehead atoms. The molecule has 0 radical (unpaired) electrons. The lowest BCUT2D eigenvalue weighted by Gasteiger charge is -2.15. The number of amides is 1. The Hall–Kier alpha value is -3.10. The molecule has 0 spiro atoms. The lowest BCUT2D eigenvalue weighted by Crippen LogP contribution is -2.42. The summed E-state index contributed by atoms with van der Waals surface area (Å²) in [5, 5.41) is 22.8. The summed E-state index contributed by atoms with van der Waals surface area (Å²) in [6, 6.07) is 11.3. The van der Waals surface area contributed by atoms with Crippen LogP contribution in [0.25, 0.3) is 10.9 Å². The molecule has 0 saturated carbocycles. The lowest BCUT2D eigenvalue weighted by atomic mass is 9.78. The van der Waals surface area contributed by atoms with Crippen LogP contribution in [-0.2, 0) is 22.5 Å². The summed E-state index contributed by atoms with van der Waals surface area (Å²) in [6.07, 6.45) is 1.91. The van der Waals surface area contributed by atoms with Gasteiger partial charge < -0.3 is 25.1 Å². The average molecular weight is 364 g/mol. The van der Waals surface area contributed by atoms with E-state index in [0.717, 1.165) is 22.0 Å². The predicted octanol–water partition coefficient (Wildman–Crippen LogP) is 0.811. The molecule has 0 saturated heterocycles. The fourth-order valence-electron chi connectivity index (χ4n) is 3.32. The molecule has 0 aliphatic carbocycles. The van der Waals surface area contributed by atoms with Crippen LogP contribution in [0.1, 0.15) is 21.5 Å². The van der Waals surface area contributed by atoms with Crippen molar-refractivity contribution < 1.29 is 24.4 Å². The van der Waals surface area contributed by atoms with E-state index < -0.39 is 25.0 Å². The van der Waals surface area contributed by atoms with Gasteiger partial charge in [-0.25, -0.2) is 4.79 Å². The Morgan fingerprint density at radius 3 is 2.89 bits per heavy atom. The fraction of sp³-hybridized carbons (Fsp3) is 0.158. The van der Waals surface area contributed by atoms with Gasteiger partial charge in [0, 0.05) is 29.1 Å². The number of rotatable bonds is 5. The molecule has 4 N–H and O–H groups in total. The molecular weight excluding hydrogens is 347 g/mol. The number of aromatic nitrogens is 1. The van der Waals surface area contributed by atoms with Gasteiger partial charge in [-0.2, -0.15) is 0 Å². The quantitative estimate of drug-likeness (QED) is 0.501. The second-order valence-electron chi connectivity index (χ2n) is 6.50. The molecule has 1 aromatic heterocycles. The maximum Gasteiger partial charge on any atom is 0.491 e. The first-order chi connectivity index (χ1) is 13.0. The van der Waals surface area contributed by atoms with Gasteiger partial charge in [-0.05, 0) is 34.8 Å². The van der Waals surface area contributed by atoms with Crippen LogP contribution in [0.4, 0.5) is 0 Å². The first-order valence-electron chi connectivity index (χ1n) is 8.54. The Kier molecular flexibility index (Phi) is 4.43. The summed E-state index contributed by atoms with van der Waals surface area (Å²) >= 11 is 0. The molecule has 7 nitrogen and oxygen atoms in total. The van der Waals surface area contributed by atoms with Gasteiger partial charge >= 0.3 is 13.1 Å². The molecule has 1 unspecified atom stereocenters. The number of aliphatic carboxylic acids is 1. The zero-order chi connectivity index (χ0) is 19.0. The van der Waals surface area contributed by atoms with Crippen molar-refractivity contribution in [2.24, 2.45) is 0 Å². The van der Waals surface area contributed by atoms with Gasteiger partial charge in [0.15, 0.2) is 0 Å². The molecule has 3 aromatic rings. The van der Waals surface area contributed by atoms with Gasteiger partial charge in [-0.1, -0.05) is 24.3 Å². The normalized spacial score (nSPS) is 14.2. The van der Waals surface area contributed by atoms with Gasteiger partial charge in [0.2, 0.25) is 0 Å². The summed E-state index contributed by atoms with van der Waals surface area (Å²) in [4.78, 5) is 27.3. The van der Waals surface area contributed by atoms with E-state index in [-0.39, 0.29) is 18.6 Å². The minimum absolute atomic E-state index is 0.155.